The highest BCUT2D eigenvalue weighted by Gasteiger charge is 2.19. The molecule has 2 heterocycles. The Morgan fingerprint density at radius 2 is 0.625 bits per heavy atom. The Balaban J connectivity index is 1.07. The molecule has 0 fully saturated rings. The first-order valence-corrected chi connectivity index (χ1v) is 22.3. The quantitative estimate of drug-likeness (QED) is 0.0333. The van der Waals surface area contributed by atoms with Crippen LogP contribution >= 0.6 is 0 Å². The minimum Gasteiger partial charge on any atom is -0.340 e. The molecule has 8 aromatic rings. The van der Waals surface area contributed by atoms with Gasteiger partial charge in [0.1, 0.15) is 33.1 Å². The number of para-hydroxylation sites is 4. The molecule has 64 heavy (non-hydrogen) atoms. The van der Waals surface area contributed by atoms with E-state index in [0.717, 1.165) is 22.7 Å². The maximum Gasteiger partial charge on any atom is 0.295 e. The van der Waals surface area contributed by atoms with Crippen molar-refractivity contribution in [3.63, 3.8) is 0 Å². The fourth-order valence-electron chi connectivity index (χ4n) is 6.32. The minimum atomic E-state index is -4.84. The van der Waals surface area contributed by atoms with Crippen LogP contribution in [0, 0.1) is 0 Å². The van der Waals surface area contributed by atoms with Crippen molar-refractivity contribution in [3.8, 4) is 0 Å². The van der Waals surface area contributed by atoms with Crippen LogP contribution in [-0.4, -0.2) is 45.9 Å². The van der Waals surface area contributed by atoms with Gasteiger partial charge in [0.05, 0.1) is 0 Å². The maximum atomic E-state index is 12.8. The smallest absolute Gasteiger partial charge is 0.295 e. The summed E-state index contributed by atoms with van der Waals surface area (Å²) in [6.45, 7) is 0. The molecule has 320 valence electrons. The normalized spacial score (nSPS) is 11.5. The van der Waals surface area contributed by atoms with Gasteiger partial charge in [0.25, 0.3) is 20.2 Å². The summed E-state index contributed by atoms with van der Waals surface area (Å²) in [6.07, 6.45) is 2.60. The molecule has 8 N–H and O–H groups in total. The summed E-state index contributed by atoms with van der Waals surface area (Å²) in [4.78, 5) is 17.3. The monoisotopic (exact) mass is 890 g/mol. The summed E-state index contributed by atoms with van der Waals surface area (Å²) >= 11 is 0. The van der Waals surface area contributed by atoms with Gasteiger partial charge in [-0.1, -0.05) is 97.1 Å². The molecule has 16 nitrogen and oxygen atoms in total. The third kappa shape index (κ3) is 11.4. The first-order valence-electron chi connectivity index (χ1n) is 19.4. The summed E-state index contributed by atoms with van der Waals surface area (Å²) in [5.41, 5.74) is 3.54. The van der Waals surface area contributed by atoms with E-state index >= 15 is 0 Å². The third-order valence-corrected chi connectivity index (χ3v) is 11.0. The number of aromatic nitrogens is 4. The van der Waals surface area contributed by atoms with Gasteiger partial charge in [-0.05, 0) is 83.9 Å². The molecule has 0 atom stereocenters. The van der Waals surface area contributed by atoms with Gasteiger partial charge >= 0.3 is 0 Å². The Bertz CT molecular complexity index is 2840. The van der Waals surface area contributed by atoms with Crippen LogP contribution in [0.3, 0.4) is 0 Å². The molecular formula is C46H38N10O6S2. The largest absolute Gasteiger partial charge is 0.340 e. The highest BCUT2D eigenvalue weighted by Crippen LogP contribution is 2.30. The van der Waals surface area contributed by atoms with Crippen LogP contribution < -0.4 is 31.9 Å². The molecule has 2 aromatic heterocycles. The molecule has 0 saturated heterocycles. The first kappa shape index (κ1) is 42.5. The van der Waals surface area contributed by atoms with Gasteiger partial charge in [0.15, 0.2) is 0 Å². The van der Waals surface area contributed by atoms with Crippen molar-refractivity contribution in [2.45, 2.75) is 9.79 Å². The third-order valence-electron chi connectivity index (χ3n) is 9.17. The van der Waals surface area contributed by atoms with Crippen molar-refractivity contribution in [2.24, 2.45) is 0 Å². The van der Waals surface area contributed by atoms with E-state index in [1.54, 1.807) is 12.1 Å². The van der Waals surface area contributed by atoms with E-state index in [0.29, 0.717) is 23.3 Å². The molecular weight excluding hydrogens is 853 g/mol. The summed E-state index contributed by atoms with van der Waals surface area (Å²) in [7, 11) is -9.67. The van der Waals surface area contributed by atoms with Crippen molar-refractivity contribution in [1.82, 2.24) is 19.9 Å². The lowest BCUT2D eigenvalue weighted by atomic mass is 10.1. The topological polar surface area (TPSA) is 232 Å². The zero-order valence-corrected chi connectivity index (χ0v) is 35.1. The van der Waals surface area contributed by atoms with Gasteiger partial charge in [-0.2, -0.15) is 36.8 Å². The average molecular weight is 891 g/mol. The average Bonchev–Trinajstić information content (AvgIpc) is 3.27. The molecule has 0 spiro atoms. The van der Waals surface area contributed by atoms with E-state index < -0.39 is 30.0 Å². The predicted molar refractivity (Wildman–Crippen MR) is 251 cm³/mol. The molecule has 0 bridgehead atoms. The Hall–Kier alpha value is -8.16. The molecule has 0 aliphatic carbocycles. The molecule has 0 saturated carbocycles. The van der Waals surface area contributed by atoms with Crippen LogP contribution in [0.5, 0.6) is 0 Å². The second-order valence-corrected chi connectivity index (χ2v) is 16.7. The van der Waals surface area contributed by atoms with Gasteiger partial charge < -0.3 is 31.9 Å². The lowest BCUT2D eigenvalue weighted by Crippen LogP contribution is -2.06. The number of rotatable bonds is 16. The SMILES string of the molecule is O=S(=O)(O)c1cc(Nc2nc(Nc3ccccc3)cc(Nc3ccccc3)n2)ccc1C=Cc1ccc(Nc2nc(Nc3ccccc3)cc(Nc3ccccc3)n2)cc1S(=O)(=O)O. The molecule has 0 amide bonds. The van der Waals surface area contributed by atoms with E-state index in [2.05, 4.69) is 51.8 Å². The molecule has 0 aliphatic rings. The lowest BCUT2D eigenvalue weighted by Gasteiger charge is -2.14. The van der Waals surface area contributed by atoms with Crippen LogP contribution in [0.15, 0.2) is 180 Å². The van der Waals surface area contributed by atoms with Gasteiger partial charge in [0.2, 0.25) is 11.9 Å². The lowest BCUT2D eigenvalue weighted by molar-refractivity contribution is 0.480. The standard InChI is InChI=1S/C46H38N10O6S2/c57-63(58,59)39-27-37(51-45-53-41(47-33-13-5-1-6-14-33)29-42(54-45)48-34-15-7-2-8-16-34)25-23-31(39)21-22-32-24-26-38(28-40(32)64(60,61)62)52-46-55-43(49-35-17-9-3-10-18-35)30-44(56-46)50-36-19-11-4-12-20-36/h1-30H,(H,57,58,59)(H,60,61,62)(H3,47,48,51,53,54)(H3,49,50,52,55,56). The predicted octanol–water partition coefficient (Wildman–Crippen LogP) is 10.4. The Morgan fingerprint density at radius 1 is 0.344 bits per heavy atom. The van der Waals surface area contributed by atoms with Crippen molar-refractivity contribution < 1.29 is 25.9 Å². The zero-order chi connectivity index (χ0) is 44.5. The number of nitrogens with one attached hydrogen (secondary N) is 6. The van der Waals surface area contributed by atoms with Gasteiger partial charge in [-0.25, -0.2) is 0 Å². The first-order chi connectivity index (χ1) is 30.9. The fraction of sp³-hybridized carbons (Fsp3) is 0. The van der Waals surface area contributed by atoms with Gasteiger partial charge in [0, 0.05) is 46.3 Å². The van der Waals surface area contributed by atoms with Crippen molar-refractivity contribution in [1.29, 1.82) is 0 Å². The molecule has 0 aliphatic heterocycles. The van der Waals surface area contributed by atoms with Crippen LogP contribution in [-0.2, 0) is 20.2 Å². The molecule has 0 unspecified atom stereocenters. The van der Waals surface area contributed by atoms with E-state index in [9.17, 15) is 25.9 Å². The van der Waals surface area contributed by atoms with Crippen molar-refractivity contribution >= 4 is 102 Å². The van der Waals surface area contributed by atoms with Gasteiger partial charge in [-0.3, -0.25) is 9.11 Å². The molecule has 6 aromatic carbocycles. The number of nitrogens with zero attached hydrogens (tertiary/aromatic N) is 4. The van der Waals surface area contributed by atoms with Crippen LogP contribution in [0.25, 0.3) is 12.2 Å². The summed E-state index contributed by atoms with van der Waals surface area (Å²) in [6, 6.07) is 49.2. The van der Waals surface area contributed by atoms with Crippen molar-refractivity contribution in [2.75, 3.05) is 31.9 Å². The second-order valence-electron chi connectivity index (χ2n) is 13.9. The van der Waals surface area contributed by atoms with E-state index in [-0.39, 0.29) is 34.4 Å². The van der Waals surface area contributed by atoms with Crippen molar-refractivity contribution in [3.05, 3.63) is 181 Å². The molecule has 18 heteroatoms. The maximum absolute atomic E-state index is 12.8. The zero-order valence-electron chi connectivity index (χ0n) is 33.5. The summed E-state index contributed by atoms with van der Waals surface area (Å²) in [5, 5.41) is 19.0. The minimum absolute atomic E-state index is 0.0120. The molecule has 0 radical (unpaired) electrons. The highest BCUT2D eigenvalue weighted by molar-refractivity contribution is 7.86. The van der Waals surface area contributed by atoms with Crippen LogP contribution in [0.1, 0.15) is 11.1 Å². The van der Waals surface area contributed by atoms with E-state index in [4.69, 9.17) is 0 Å². The number of benzene rings is 6. The Morgan fingerprint density at radius 3 is 0.891 bits per heavy atom. The number of hydrogen-bond acceptors (Lipinski definition) is 14. The Kier molecular flexibility index (Phi) is 12.5. The fourth-order valence-corrected chi connectivity index (χ4v) is 7.74. The summed E-state index contributed by atoms with van der Waals surface area (Å²) < 4.78 is 71.7. The van der Waals surface area contributed by atoms with E-state index in [1.807, 2.05) is 121 Å². The number of hydrogen-bond donors (Lipinski definition) is 8. The van der Waals surface area contributed by atoms with Crippen LogP contribution in [0.2, 0.25) is 0 Å². The second kappa shape index (κ2) is 18.8. The van der Waals surface area contributed by atoms with Gasteiger partial charge in [-0.15, -0.1) is 0 Å². The van der Waals surface area contributed by atoms with Crippen LogP contribution in [0.4, 0.5) is 69.3 Å². The van der Waals surface area contributed by atoms with E-state index in [1.165, 1.54) is 48.6 Å². The number of anilines is 12. The molecule has 8 rings (SSSR count). The summed E-state index contributed by atoms with van der Waals surface area (Å²) in [5.74, 6) is 1.92. The Labute approximate surface area is 368 Å². The highest BCUT2D eigenvalue weighted by atomic mass is 32.2.